The van der Waals surface area contributed by atoms with Crippen LogP contribution in [0.15, 0.2) is 48.5 Å². The zero-order chi connectivity index (χ0) is 30.5. The lowest BCUT2D eigenvalue weighted by Crippen LogP contribution is -2.63. The van der Waals surface area contributed by atoms with Gasteiger partial charge in [0.1, 0.15) is 17.2 Å². The van der Waals surface area contributed by atoms with Gasteiger partial charge in [-0.15, -0.1) is 0 Å². The third-order valence-electron chi connectivity index (χ3n) is 12.6. The summed E-state index contributed by atoms with van der Waals surface area (Å²) in [5, 5.41) is 0. The van der Waals surface area contributed by atoms with Crippen LogP contribution in [0.1, 0.15) is 101 Å². The first kappa shape index (κ1) is 29.9. The third-order valence-corrected chi connectivity index (χ3v) is 12.6. The first-order chi connectivity index (χ1) is 21.3. The van der Waals surface area contributed by atoms with Crippen molar-refractivity contribution in [3.63, 3.8) is 0 Å². The molecule has 0 radical (unpaired) electrons. The van der Waals surface area contributed by atoms with Gasteiger partial charge < -0.3 is 10.3 Å². The number of nitrogens with zero attached hydrogens (tertiary/aromatic N) is 4. The summed E-state index contributed by atoms with van der Waals surface area (Å²) in [7, 11) is 0. The van der Waals surface area contributed by atoms with E-state index in [1.54, 1.807) is 12.1 Å². The molecule has 1 aliphatic carbocycles. The van der Waals surface area contributed by atoms with Gasteiger partial charge in [-0.1, -0.05) is 43.5 Å². The topological polar surface area (TPSA) is 67.4 Å². The highest BCUT2D eigenvalue weighted by Gasteiger charge is 2.49. The van der Waals surface area contributed by atoms with E-state index in [0.29, 0.717) is 24.0 Å². The van der Waals surface area contributed by atoms with Crippen LogP contribution in [0.5, 0.6) is 0 Å². The van der Waals surface area contributed by atoms with Gasteiger partial charge in [-0.2, -0.15) is 0 Å². The van der Waals surface area contributed by atoms with Gasteiger partial charge in [-0.05, 0) is 119 Å². The fourth-order valence-corrected chi connectivity index (χ4v) is 9.97. The molecule has 2 N–H and O–H groups in total. The lowest BCUT2D eigenvalue weighted by molar-refractivity contribution is -0.136. The van der Waals surface area contributed by atoms with Crippen LogP contribution in [-0.2, 0) is 10.2 Å². The van der Waals surface area contributed by atoms with E-state index >= 15 is 0 Å². The zero-order valence-electron chi connectivity index (χ0n) is 26.7. The van der Waals surface area contributed by atoms with Crippen LogP contribution in [-0.4, -0.2) is 62.5 Å². The summed E-state index contributed by atoms with van der Waals surface area (Å²) < 4.78 is 17.2. The minimum absolute atomic E-state index is 0.100. The van der Waals surface area contributed by atoms with Gasteiger partial charge in [0.25, 0.3) is 0 Å². The molecule has 3 aromatic rings. The summed E-state index contributed by atoms with van der Waals surface area (Å²) in [5.74, 6) is 1.11. The summed E-state index contributed by atoms with van der Waals surface area (Å²) in [5.41, 5.74) is 8.94. The van der Waals surface area contributed by atoms with E-state index in [-0.39, 0.29) is 17.1 Å². The molecule has 2 aromatic carbocycles. The first-order valence-electron chi connectivity index (χ1n) is 17.3. The first-order valence-corrected chi connectivity index (χ1v) is 17.3. The molecule has 7 heteroatoms. The average molecular weight is 600 g/mol. The van der Waals surface area contributed by atoms with Crippen molar-refractivity contribution in [2.24, 2.45) is 11.7 Å². The molecular formula is C37H50FN5O. The fraction of sp³-hybridized carbons (Fsp3) is 0.622. The number of rotatable bonds is 8. The molecule has 3 aliphatic heterocycles. The van der Waals surface area contributed by atoms with Gasteiger partial charge in [0, 0.05) is 31.2 Å². The Labute approximate surface area is 262 Å². The normalized spacial score (nSPS) is 27.8. The van der Waals surface area contributed by atoms with Crippen molar-refractivity contribution in [1.82, 2.24) is 19.4 Å². The second-order valence-electron chi connectivity index (χ2n) is 14.6. The molecule has 1 aromatic heterocycles. The summed E-state index contributed by atoms with van der Waals surface area (Å²) in [6, 6.07) is 17.5. The second kappa shape index (κ2) is 11.9. The number of carbonyl (C=O) groups excluding carboxylic acids is 1. The summed E-state index contributed by atoms with van der Waals surface area (Å²) in [6.07, 6.45) is 13.5. The fourth-order valence-electron chi connectivity index (χ4n) is 9.97. The lowest BCUT2D eigenvalue weighted by Gasteiger charge is -2.52. The number of imidazole rings is 1. The molecular weight excluding hydrogens is 549 g/mol. The van der Waals surface area contributed by atoms with Crippen molar-refractivity contribution in [3.05, 3.63) is 65.7 Å². The number of hydrogen-bond acceptors (Lipinski definition) is 4. The van der Waals surface area contributed by atoms with Gasteiger partial charge in [0.2, 0.25) is 5.91 Å². The smallest absolute Gasteiger partial charge is 0.237 e. The van der Waals surface area contributed by atoms with E-state index in [9.17, 15) is 9.18 Å². The van der Waals surface area contributed by atoms with Crippen molar-refractivity contribution >= 4 is 16.9 Å². The molecule has 236 valence electrons. The molecule has 1 saturated carbocycles. The van der Waals surface area contributed by atoms with Crippen LogP contribution in [0.3, 0.4) is 0 Å². The van der Waals surface area contributed by atoms with Crippen molar-refractivity contribution in [2.75, 3.05) is 19.6 Å². The highest BCUT2D eigenvalue weighted by molar-refractivity contribution is 5.84. The lowest BCUT2D eigenvalue weighted by atomic mass is 9.67. The number of primary amides is 1. The minimum Gasteiger partial charge on any atom is -0.368 e. The SMILES string of the molecule is Cc1nc2ccccc2n1C1CC2CCC(C1)N2CCC1(c2cccc(F)c2)CCN(C(C)(C(N)=O)C2CCCCC2)CC1. The van der Waals surface area contributed by atoms with Crippen LogP contribution in [0.25, 0.3) is 11.0 Å². The summed E-state index contributed by atoms with van der Waals surface area (Å²) in [6.45, 7) is 6.95. The van der Waals surface area contributed by atoms with Gasteiger partial charge in [-0.3, -0.25) is 14.6 Å². The van der Waals surface area contributed by atoms with Crippen LogP contribution >= 0.6 is 0 Å². The Balaban J connectivity index is 1.09. The van der Waals surface area contributed by atoms with Gasteiger partial charge in [0.05, 0.1) is 11.0 Å². The molecule has 2 bridgehead atoms. The summed E-state index contributed by atoms with van der Waals surface area (Å²) in [4.78, 5) is 23.1. The number of benzene rings is 2. The van der Waals surface area contributed by atoms with E-state index in [1.165, 1.54) is 37.6 Å². The number of carbonyl (C=O) groups is 1. The Morgan fingerprint density at radius 1 is 0.977 bits per heavy atom. The van der Waals surface area contributed by atoms with E-state index < -0.39 is 5.54 Å². The zero-order valence-corrected chi connectivity index (χ0v) is 26.7. The quantitative estimate of drug-likeness (QED) is 0.306. The van der Waals surface area contributed by atoms with E-state index in [1.807, 2.05) is 6.07 Å². The number of para-hydroxylation sites is 2. The Morgan fingerprint density at radius 2 is 1.68 bits per heavy atom. The predicted molar refractivity (Wildman–Crippen MR) is 174 cm³/mol. The number of fused-ring (bicyclic) bond motifs is 3. The second-order valence-corrected chi connectivity index (χ2v) is 14.6. The number of hydrogen-bond donors (Lipinski definition) is 1. The van der Waals surface area contributed by atoms with Gasteiger partial charge in [-0.25, -0.2) is 9.37 Å². The van der Waals surface area contributed by atoms with Crippen molar-refractivity contribution in [1.29, 1.82) is 0 Å². The average Bonchev–Trinajstić information content (AvgIpc) is 3.50. The molecule has 4 heterocycles. The number of aromatic nitrogens is 2. The maximum Gasteiger partial charge on any atom is 0.237 e. The highest BCUT2D eigenvalue weighted by atomic mass is 19.1. The van der Waals surface area contributed by atoms with Crippen LogP contribution in [0.2, 0.25) is 0 Å². The van der Waals surface area contributed by atoms with E-state index in [0.717, 1.165) is 81.5 Å². The maximum absolute atomic E-state index is 14.7. The number of aryl methyl sites for hydroxylation is 1. The maximum atomic E-state index is 14.7. The molecule has 1 amide bonds. The number of likely N-dealkylation sites (tertiary alicyclic amines) is 1. The molecule has 6 nitrogen and oxygen atoms in total. The van der Waals surface area contributed by atoms with Crippen molar-refractivity contribution in [2.45, 2.75) is 120 Å². The standard InChI is InChI=1S/C37H50FN5O/c1-26-40-33-13-6-7-14-34(33)43(26)32-24-30-15-16-31(25-32)42(30)22-19-37(28-11-8-12-29(38)23-28)17-20-41(21-18-37)36(2,35(39)44)27-9-4-3-5-10-27/h6-8,11-14,23,27,30-32H,3-5,9-10,15-22,24-25H2,1-2H3,(H2,39,44). The van der Waals surface area contributed by atoms with Gasteiger partial charge >= 0.3 is 0 Å². The van der Waals surface area contributed by atoms with Gasteiger partial charge in [0.15, 0.2) is 0 Å². The van der Waals surface area contributed by atoms with Crippen molar-refractivity contribution in [3.8, 4) is 0 Å². The molecule has 4 fully saturated rings. The molecule has 0 spiro atoms. The van der Waals surface area contributed by atoms with E-state index in [4.69, 9.17) is 10.7 Å². The monoisotopic (exact) mass is 599 g/mol. The highest BCUT2D eigenvalue weighted by Crippen LogP contribution is 2.47. The Kier molecular flexibility index (Phi) is 8.07. The molecule has 3 atom stereocenters. The minimum atomic E-state index is -0.606. The summed E-state index contributed by atoms with van der Waals surface area (Å²) >= 11 is 0. The molecule has 3 saturated heterocycles. The largest absolute Gasteiger partial charge is 0.368 e. The Morgan fingerprint density at radius 3 is 2.36 bits per heavy atom. The Hall–Kier alpha value is -2.77. The van der Waals surface area contributed by atoms with Crippen LogP contribution in [0.4, 0.5) is 4.39 Å². The van der Waals surface area contributed by atoms with Crippen molar-refractivity contribution < 1.29 is 9.18 Å². The molecule has 4 aliphatic rings. The number of amides is 1. The Bertz CT molecular complexity index is 1470. The number of piperidine rings is 2. The third kappa shape index (κ3) is 5.18. The number of nitrogens with two attached hydrogens (primary N) is 1. The van der Waals surface area contributed by atoms with Crippen LogP contribution in [0, 0.1) is 18.7 Å². The van der Waals surface area contributed by atoms with Crippen LogP contribution < -0.4 is 5.73 Å². The molecule has 3 unspecified atom stereocenters. The van der Waals surface area contributed by atoms with E-state index in [2.05, 4.69) is 58.5 Å². The predicted octanol–water partition coefficient (Wildman–Crippen LogP) is 6.90. The molecule has 7 rings (SSSR count). The molecule has 44 heavy (non-hydrogen) atoms. The number of halogens is 1.